The van der Waals surface area contributed by atoms with Crippen molar-refractivity contribution < 1.29 is 18.7 Å². The number of carboxylic acid groups (broad SMARTS) is 1. The molecule has 6 heteroatoms. The lowest BCUT2D eigenvalue weighted by molar-refractivity contribution is -0.144. The zero-order chi connectivity index (χ0) is 17.8. The standard InChI is InChI=1S/C19H20F2N2O2/c20-16-4-1-5-17(21)15(16)11-13-6-9-23(10-7-13)18(19(24)25)14-3-2-8-22-12-14/h1-5,8,12-13,18H,6-7,9-11H2,(H,24,25). The second-order valence-electron chi connectivity index (χ2n) is 6.41. The van der Waals surface area contributed by atoms with Crippen LogP contribution in [-0.2, 0) is 11.2 Å². The Hall–Kier alpha value is -2.34. The van der Waals surface area contributed by atoms with Gasteiger partial charge in [-0.2, -0.15) is 0 Å². The van der Waals surface area contributed by atoms with Crippen LogP contribution in [0.2, 0.25) is 0 Å². The molecule has 1 atom stereocenters. The molecular weight excluding hydrogens is 326 g/mol. The maximum absolute atomic E-state index is 13.8. The number of piperidine rings is 1. The first-order valence-electron chi connectivity index (χ1n) is 8.36. The Kier molecular flexibility index (Phi) is 5.38. The van der Waals surface area contributed by atoms with E-state index in [0.717, 1.165) is 0 Å². The molecule has 1 unspecified atom stereocenters. The molecular formula is C19H20F2N2O2. The largest absolute Gasteiger partial charge is 0.480 e. The van der Waals surface area contributed by atoms with E-state index in [-0.39, 0.29) is 11.5 Å². The third kappa shape index (κ3) is 4.02. The molecule has 1 N–H and O–H groups in total. The van der Waals surface area contributed by atoms with Crippen molar-refractivity contribution in [2.24, 2.45) is 5.92 Å². The van der Waals surface area contributed by atoms with Gasteiger partial charge in [0.2, 0.25) is 0 Å². The number of likely N-dealkylation sites (tertiary alicyclic amines) is 1. The average Bonchev–Trinajstić information content (AvgIpc) is 2.60. The summed E-state index contributed by atoms with van der Waals surface area (Å²) in [6.07, 6.45) is 4.93. The highest BCUT2D eigenvalue weighted by Gasteiger charge is 2.31. The Morgan fingerprint density at radius 3 is 2.44 bits per heavy atom. The number of aromatic nitrogens is 1. The molecule has 0 saturated carbocycles. The van der Waals surface area contributed by atoms with Crippen molar-refractivity contribution in [2.45, 2.75) is 25.3 Å². The second kappa shape index (κ2) is 7.70. The number of carbonyl (C=O) groups is 1. The quantitative estimate of drug-likeness (QED) is 0.901. The molecule has 1 saturated heterocycles. The van der Waals surface area contributed by atoms with Crippen LogP contribution in [0.4, 0.5) is 8.78 Å². The molecule has 0 bridgehead atoms. The van der Waals surface area contributed by atoms with Crippen LogP contribution < -0.4 is 0 Å². The van der Waals surface area contributed by atoms with E-state index >= 15 is 0 Å². The number of nitrogens with zero attached hydrogens (tertiary/aromatic N) is 2. The van der Waals surface area contributed by atoms with Crippen molar-refractivity contribution in [3.63, 3.8) is 0 Å². The Balaban J connectivity index is 1.66. The van der Waals surface area contributed by atoms with Crippen LogP contribution in [0, 0.1) is 17.6 Å². The van der Waals surface area contributed by atoms with E-state index in [1.807, 2.05) is 4.90 Å². The lowest BCUT2D eigenvalue weighted by Crippen LogP contribution is -2.40. The van der Waals surface area contributed by atoms with Crippen LogP contribution in [0.5, 0.6) is 0 Å². The number of rotatable bonds is 5. The number of halogens is 2. The molecule has 1 aromatic heterocycles. The van der Waals surface area contributed by atoms with Crippen LogP contribution in [0.25, 0.3) is 0 Å². The molecule has 1 aliphatic heterocycles. The Bertz CT molecular complexity index is 711. The molecule has 0 radical (unpaired) electrons. The summed E-state index contributed by atoms with van der Waals surface area (Å²) in [5.74, 6) is -1.79. The fourth-order valence-corrected chi connectivity index (χ4v) is 3.48. The highest BCUT2D eigenvalue weighted by Crippen LogP contribution is 2.29. The van der Waals surface area contributed by atoms with Crippen molar-refractivity contribution in [1.82, 2.24) is 9.88 Å². The summed E-state index contributed by atoms with van der Waals surface area (Å²) >= 11 is 0. The van der Waals surface area contributed by atoms with Gasteiger partial charge in [-0.25, -0.2) is 8.78 Å². The maximum Gasteiger partial charge on any atom is 0.325 e. The maximum atomic E-state index is 13.8. The molecule has 3 rings (SSSR count). The van der Waals surface area contributed by atoms with Crippen molar-refractivity contribution in [1.29, 1.82) is 0 Å². The number of benzene rings is 1. The van der Waals surface area contributed by atoms with Gasteiger partial charge < -0.3 is 5.11 Å². The van der Waals surface area contributed by atoms with E-state index in [1.165, 1.54) is 18.2 Å². The minimum Gasteiger partial charge on any atom is -0.480 e. The highest BCUT2D eigenvalue weighted by molar-refractivity contribution is 5.75. The van der Waals surface area contributed by atoms with E-state index in [9.17, 15) is 18.7 Å². The second-order valence-corrected chi connectivity index (χ2v) is 6.41. The van der Waals surface area contributed by atoms with Crippen molar-refractivity contribution >= 4 is 5.97 Å². The van der Waals surface area contributed by atoms with Gasteiger partial charge in [0.25, 0.3) is 0 Å². The zero-order valence-electron chi connectivity index (χ0n) is 13.7. The monoisotopic (exact) mass is 346 g/mol. The highest BCUT2D eigenvalue weighted by atomic mass is 19.1. The summed E-state index contributed by atoms with van der Waals surface area (Å²) in [7, 11) is 0. The third-order valence-corrected chi connectivity index (χ3v) is 4.80. The molecule has 25 heavy (non-hydrogen) atoms. The lowest BCUT2D eigenvalue weighted by Gasteiger charge is -2.35. The topological polar surface area (TPSA) is 53.4 Å². The third-order valence-electron chi connectivity index (χ3n) is 4.80. The van der Waals surface area contributed by atoms with Crippen molar-refractivity contribution in [2.75, 3.05) is 13.1 Å². The molecule has 4 nitrogen and oxygen atoms in total. The van der Waals surface area contributed by atoms with Gasteiger partial charge in [0.05, 0.1) is 0 Å². The predicted octanol–water partition coefficient (Wildman–Crippen LogP) is 3.44. The van der Waals surface area contributed by atoms with E-state index in [2.05, 4.69) is 4.98 Å². The molecule has 1 fully saturated rings. The summed E-state index contributed by atoms with van der Waals surface area (Å²) in [6.45, 7) is 1.15. The van der Waals surface area contributed by atoms with Gasteiger partial charge in [-0.3, -0.25) is 14.7 Å². The first-order valence-corrected chi connectivity index (χ1v) is 8.36. The molecule has 0 aliphatic carbocycles. The first kappa shape index (κ1) is 17.5. The van der Waals surface area contributed by atoms with Gasteiger partial charge in [-0.15, -0.1) is 0 Å². The number of hydrogen-bond donors (Lipinski definition) is 1. The van der Waals surface area contributed by atoms with Gasteiger partial charge in [0, 0.05) is 18.0 Å². The van der Waals surface area contributed by atoms with Crippen LogP contribution in [0.15, 0.2) is 42.7 Å². The van der Waals surface area contributed by atoms with Crippen LogP contribution in [0.1, 0.15) is 30.0 Å². The van der Waals surface area contributed by atoms with E-state index in [0.29, 0.717) is 37.9 Å². The fourth-order valence-electron chi connectivity index (χ4n) is 3.48. The number of pyridine rings is 1. The summed E-state index contributed by atoms with van der Waals surface area (Å²) in [5.41, 5.74) is 0.775. The van der Waals surface area contributed by atoms with Crippen molar-refractivity contribution in [3.8, 4) is 0 Å². The Labute approximate surface area is 145 Å². The first-order chi connectivity index (χ1) is 12.1. The number of carboxylic acids is 1. The zero-order valence-corrected chi connectivity index (χ0v) is 13.7. The summed E-state index contributed by atoms with van der Waals surface area (Å²) < 4.78 is 27.6. The normalized spacial score (nSPS) is 17.4. The molecule has 1 aliphatic rings. The van der Waals surface area contributed by atoms with Gasteiger partial charge in [0.1, 0.15) is 17.7 Å². The fraction of sp³-hybridized carbons (Fsp3) is 0.368. The van der Waals surface area contributed by atoms with Gasteiger partial charge >= 0.3 is 5.97 Å². The van der Waals surface area contributed by atoms with Crippen molar-refractivity contribution in [3.05, 3.63) is 65.5 Å². The smallest absolute Gasteiger partial charge is 0.325 e. The van der Waals surface area contributed by atoms with Gasteiger partial charge in [-0.1, -0.05) is 12.1 Å². The Morgan fingerprint density at radius 1 is 1.20 bits per heavy atom. The van der Waals surface area contributed by atoms with E-state index in [4.69, 9.17) is 0 Å². The summed E-state index contributed by atoms with van der Waals surface area (Å²) in [4.78, 5) is 17.6. The molecule has 2 aromatic rings. The summed E-state index contributed by atoms with van der Waals surface area (Å²) in [5, 5.41) is 9.58. The molecule has 1 aromatic carbocycles. The van der Waals surface area contributed by atoms with Crippen LogP contribution in [-0.4, -0.2) is 34.0 Å². The van der Waals surface area contributed by atoms with E-state index < -0.39 is 23.6 Å². The molecule has 2 heterocycles. The number of aliphatic carboxylic acids is 1. The molecule has 0 amide bonds. The van der Waals surface area contributed by atoms with Gasteiger partial charge in [0.15, 0.2) is 0 Å². The number of hydrogen-bond acceptors (Lipinski definition) is 3. The van der Waals surface area contributed by atoms with E-state index in [1.54, 1.807) is 24.5 Å². The lowest BCUT2D eigenvalue weighted by atomic mass is 9.88. The molecule has 132 valence electrons. The minimum absolute atomic E-state index is 0.128. The molecule has 0 spiro atoms. The SMILES string of the molecule is O=C(O)C(c1cccnc1)N1CCC(Cc2c(F)cccc2F)CC1. The van der Waals surface area contributed by atoms with Gasteiger partial charge in [-0.05, 0) is 62.0 Å². The van der Waals surface area contributed by atoms with Crippen LogP contribution in [0.3, 0.4) is 0 Å². The average molecular weight is 346 g/mol. The predicted molar refractivity (Wildman–Crippen MR) is 89.0 cm³/mol. The Morgan fingerprint density at radius 2 is 1.88 bits per heavy atom. The summed E-state index contributed by atoms with van der Waals surface area (Å²) in [6, 6.07) is 6.65. The minimum atomic E-state index is -0.911. The van der Waals surface area contributed by atoms with Crippen LogP contribution >= 0.6 is 0 Å².